The smallest absolute Gasteiger partial charge is 0.131 e. The van der Waals surface area contributed by atoms with E-state index >= 15 is 0 Å². The summed E-state index contributed by atoms with van der Waals surface area (Å²) in [5.74, 6) is 1.34. The Labute approximate surface area is 133 Å². The lowest BCUT2D eigenvalue weighted by molar-refractivity contribution is 0.241. The molecular weight excluding hydrogens is 328 g/mol. The molecule has 0 unspecified atom stereocenters. The second kappa shape index (κ2) is 6.20. The summed E-state index contributed by atoms with van der Waals surface area (Å²) in [5, 5.41) is 0. The number of halogens is 1. The minimum absolute atomic E-state index is 0.389. The van der Waals surface area contributed by atoms with Crippen molar-refractivity contribution in [3.05, 3.63) is 51.8 Å². The SMILES string of the molecule is CC(C)c1ncc2c(n1)CCN(Cc1cccnc1Br)C2. The summed E-state index contributed by atoms with van der Waals surface area (Å²) >= 11 is 3.52. The van der Waals surface area contributed by atoms with Crippen LogP contribution in [-0.2, 0) is 19.5 Å². The fourth-order valence-electron chi connectivity index (χ4n) is 2.58. The van der Waals surface area contributed by atoms with Gasteiger partial charge in [0.2, 0.25) is 0 Å². The average Bonchev–Trinajstić information content (AvgIpc) is 2.49. The van der Waals surface area contributed by atoms with Gasteiger partial charge in [0.05, 0.1) is 0 Å². The summed E-state index contributed by atoms with van der Waals surface area (Å²) < 4.78 is 0.933. The van der Waals surface area contributed by atoms with Gasteiger partial charge in [-0.1, -0.05) is 19.9 Å². The van der Waals surface area contributed by atoms with Gasteiger partial charge in [0.15, 0.2) is 0 Å². The quantitative estimate of drug-likeness (QED) is 0.799. The van der Waals surface area contributed by atoms with E-state index in [-0.39, 0.29) is 0 Å². The average molecular weight is 347 g/mol. The number of hydrogen-bond acceptors (Lipinski definition) is 4. The minimum atomic E-state index is 0.389. The third-order valence-electron chi connectivity index (χ3n) is 3.78. The number of hydrogen-bond donors (Lipinski definition) is 0. The highest BCUT2D eigenvalue weighted by molar-refractivity contribution is 9.10. The molecule has 0 bridgehead atoms. The van der Waals surface area contributed by atoms with E-state index in [0.717, 1.165) is 36.5 Å². The van der Waals surface area contributed by atoms with Crippen molar-refractivity contribution >= 4 is 15.9 Å². The van der Waals surface area contributed by atoms with E-state index in [4.69, 9.17) is 4.98 Å². The molecule has 1 aliphatic rings. The van der Waals surface area contributed by atoms with Gasteiger partial charge in [-0.2, -0.15) is 0 Å². The van der Waals surface area contributed by atoms with Crippen molar-refractivity contribution in [1.82, 2.24) is 19.9 Å². The Balaban J connectivity index is 1.74. The molecule has 0 saturated carbocycles. The normalized spacial score (nSPS) is 15.2. The summed E-state index contributed by atoms with van der Waals surface area (Å²) in [6.07, 6.45) is 4.80. The van der Waals surface area contributed by atoms with E-state index in [0.29, 0.717) is 5.92 Å². The van der Waals surface area contributed by atoms with Crippen molar-refractivity contribution in [2.75, 3.05) is 6.54 Å². The maximum absolute atomic E-state index is 4.71. The zero-order valence-electron chi connectivity index (χ0n) is 12.4. The molecule has 0 aromatic carbocycles. The monoisotopic (exact) mass is 346 g/mol. The third-order valence-corrected chi connectivity index (χ3v) is 4.49. The molecule has 0 saturated heterocycles. The maximum atomic E-state index is 4.71. The predicted molar refractivity (Wildman–Crippen MR) is 85.9 cm³/mol. The van der Waals surface area contributed by atoms with E-state index in [1.807, 2.05) is 12.3 Å². The lowest BCUT2D eigenvalue weighted by Gasteiger charge is -2.28. The molecule has 5 heteroatoms. The van der Waals surface area contributed by atoms with E-state index in [1.165, 1.54) is 16.8 Å². The molecule has 0 fully saturated rings. The summed E-state index contributed by atoms with van der Waals surface area (Å²) in [6.45, 7) is 7.12. The molecule has 2 aromatic rings. The van der Waals surface area contributed by atoms with Crippen molar-refractivity contribution in [3.63, 3.8) is 0 Å². The largest absolute Gasteiger partial charge is 0.294 e. The molecule has 2 aromatic heterocycles. The summed E-state index contributed by atoms with van der Waals surface area (Å²) in [7, 11) is 0. The fraction of sp³-hybridized carbons (Fsp3) is 0.438. The number of fused-ring (bicyclic) bond motifs is 1. The first-order valence-electron chi connectivity index (χ1n) is 7.30. The Kier molecular flexibility index (Phi) is 4.31. The van der Waals surface area contributed by atoms with Gasteiger partial charge in [0, 0.05) is 55.6 Å². The van der Waals surface area contributed by atoms with Crippen molar-refractivity contribution < 1.29 is 0 Å². The highest BCUT2D eigenvalue weighted by Gasteiger charge is 2.19. The Morgan fingerprint density at radius 2 is 2.19 bits per heavy atom. The lowest BCUT2D eigenvalue weighted by Crippen LogP contribution is -2.31. The highest BCUT2D eigenvalue weighted by Crippen LogP contribution is 2.22. The lowest BCUT2D eigenvalue weighted by atomic mass is 10.1. The first kappa shape index (κ1) is 14.6. The fourth-order valence-corrected chi connectivity index (χ4v) is 2.96. The second-order valence-corrected chi connectivity index (χ2v) is 6.52. The molecule has 0 radical (unpaired) electrons. The molecule has 0 spiro atoms. The predicted octanol–water partition coefficient (Wildman–Crippen LogP) is 3.32. The van der Waals surface area contributed by atoms with E-state index in [9.17, 15) is 0 Å². The molecule has 1 aliphatic heterocycles. The van der Waals surface area contributed by atoms with Gasteiger partial charge in [-0.05, 0) is 27.6 Å². The van der Waals surface area contributed by atoms with Crippen LogP contribution < -0.4 is 0 Å². The van der Waals surface area contributed by atoms with Gasteiger partial charge >= 0.3 is 0 Å². The van der Waals surface area contributed by atoms with Crippen LogP contribution in [0.2, 0.25) is 0 Å². The van der Waals surface area contributed by atoms with Crippen LogP contribution in [0.25, 0.3) is 0 Å². The maximum Gasteiger partial charge on any atom is 0.131 e. The molecule has 110 valence electrons. The third kappa shape index (κ3) is 3.30. The standard InChI is InChI=1S/C16H19BrN4/c1-11(2)16-19-8-13-10-21(7-5-14(13)20-16)9-12-4-3-6-18-15(12)17/h3-4,6,8,11H,5,7,9-10H2,1-2H3. The van der Waals surface area contributed by atoms with Crippen LogP contribution in [0.1, 0.15) is 42.4 Å². The van der Waals surface area contributed by atoms with Gasteiger partial charge in [-0.25, -0.2) is 15.0 Å². The number of rotatable bonds is 3. The Morgan fingerprint density at radius 1 is 1.33 bits per heavy atom. The van der Waals surface area contributed by atoms with Crippen molar-refractivity contribution in [2.45, 2.75) is 39.3 Å². The Morgan fingerprint density at radius 3 is 2.95 bits per heavy atom. The van der Waals surface area contributed by atoms with Crippen molar-refractivity contribution in [3.8, 4) is 0 Å². The molecule has 21 heavy (non-hydrogen) atoms. The number of aromatic nitrogens is 3. The summed E-state index contributed by atoms with van der Waals surface area (Å²) in [4.78, 5) is 15.9. The van der Waals surface area contributed by atoms with Gasteiger partial charge in [0.1, 0.15) is 10.4 Å². The van der Waals surface area contributed by atoms with Crippen LogP contribution in [0.4, 0.5) is 0 Å². The molecule has 3 rings (SSSR count). The van der Waals surface area contributed by atoms with E-state index in [1.54, 1.807) is 6.20 Å². The highest BCUT2D eigenvalue weighted by atomic mass is 79.9. The van der Waals surface area contributed by atoms with E-state index in [2.05, 4.69) is 50.7 Å². The van der Waals surface area contributed by atoms with Crippen LogP contribution in [0.3, 0.4) is 0 Å². The minimum Gasteiger partial charge on any atom is -0.294 e. The molecular formula is C16H19BrN4. The van der Waals surface area contributed by atoms with Gasteiger partial charge in [-0.15, -0.1) is 0 Å². The van der Waals surface area contributed by atoms with Crippen LogP contribution in [-0.4, -0.2) is 26.4 Å². The summed E-state index contributed by atoms with van der Waals surface area (Å²) in [5.41, 5.74) is 3.70. The molecule has 0 aliphatic carbocycles. The molecule has 0 atom stereocenters. The van der Waals surface area contributed by atoms with Gasteiger partial charge in [0.25, 0.3) is 0 Å². The van der Waals surface area contributed by atoms with Crippen molar-refractivity contribution in [1.29, 1.82) is 0 Å². The number of pyridine rings is 1. The Bertz CT molecular complexity index is 642. The zero-order chi connectivity index (χ0) is 14.8. The zero-order valence-corrected chi connectivity index (χ0v) is 14.0. The van der Waals surface area contributed by atoms with Crippen molar-refractivity contribution in [2.24, 2.45) is 0 Å². The Hall–Kier alpha value is -1.33. The van der Waals surface area contributed by atoms with Crippen LogP contribution in [0.15, 0.2) is 29.1 Å². The topological polar surface area (TPSA) is 41.9 Å². The van der Waals surface area contributed by atoms with Gasteiger partial charge in [-0.3, -0.25) is 4.90 Å². The molecule has 4 nitrogen and oxygen atoms in total. The van der Waals surface area contributed by atoms with Crippen LogP contribution >= 0.6 is 15.9 Å². The molecule has 0 N–H and O–H groups in total. The van der Waals surface area contributed by atoms with E-state index < -0.39 is 0 Å². The van der Waals surface area contributed by atoms with Gasteiger partial charge < -0.3 is 0 Å². The number of nitrogens with zero attached hydrogens (tertiary/aromatic N) is 4. The first-order valence-corrected chi connectivity index (χ1v) is 8.09. The molecule has 0 amide bonds. The summed E-state index contributed by atoms with van der Waals surface area (Å²) in [6, 6.07) is 4.10. The van der Waals surface area contributed by atoms with Crippen LogP contribution in [0.5, 0.6) is 0 Å². The van der Waals surface area contributed by atoms with Crippen LogP contribution in [0, 0.1) is 0 Å². The molecule has 3 heterocycles. The first-order chi connectivity index (χ1) is 10.1. The second-order valence-electron chi connectivity index (χ2n) is 5.77.